The van der Waals surface area contributed by atoms with Gasteiger partial charge in [-0.05, 0) is 36.8 Å². The first kappa shape index (κ1) is 21.5. The third-order valence-corrected chi connectivity index (χ3v) is 4.60. The second-order valence-corrected chi connectivity index (χ2v) is 7.00. The van der Waals surface area contributed by atoms with Gasteiger partial charge in [0.1, 0.15) is 5.82 Å². The molecular formula is C22H21ClFN3O3. The number of hydrogen-bond donors (Lipinski definition) is 2. The van der Waals surface area contributed by atoms with Crippen LogP contribution in [0.1, 0.15) is 36.0 Å². The third kappa shape index (κ3) is 5.45. The van der Waals surface area contributed by atoms with Gasteiger partial charge in [-0.1, -0.05) is 30.7 Å². The molecule has 30 heavy (non-hydrogen) atoms. The van der Waals surface area contributed by atoms with E-state index in [-0.39, 0.29) is 29.7 Å². The molecule has 3 aromatic rings. The Morgan fingerprint density at radius 2 is 2.00 bits per heavy atom. The van der Waals surface area contributed by atoms with Crippen molar-refractivity contribution < 1.29 is 18.4 Å². The quantitative estimate of drug-likeness (QED) is 0.536. The molecule has 2 N–H and O–H groups in total. The van der Waals surface area contributed by atoms with Crippen LogP contribution in [-0.4, -0.2) is 23.3 Å². The number of rotatable bonds is 8. The van der Waals surface area contributed by atoms with Crippen LogP contribution in [0, 0.1) is 5.82 Å². The summed E-state index contributed by atoms with van der Waals surface area (Å²) in [6.45, 7) is 2.52. The highest BCUT2D eigenvalue weighted by molar-refractivity contribution is 6.34. The molecule has 1 heterocycles. The molecule has 0 aliphatic heterocycles. The van der Waals surface area contributed by atoms with Crippen LogP contribution in [0.3, 0.4) is 0 Å². The van der Waals surface area contributed by atoms with Crippen LogP contribution in [-0.2, 0) is 11.2 Å². The molecule has 0 atom stereocenters. The monoisotopic (exact) mass is 429 g/mol. The van der Waals surface area contributed by atoms with Crippen molar-refractivity contribution in [2.45, 2.75) is 26.2 Å². The Morgan fingerprint density at radius 1 is 1.20 bits per heavy atom. The van der Waals surface area contributed by atoms with E-state index < -0.39 is 5.82 Å². The number of hydrogen-bond acceptors (Lipinski definition) is 4. The summed E-state index contributed by atoms with van der Waals surface area (Å²) in [5.74, 6) is -0.271. The summed E-state index contributed by atoms with van der Waals surface area (Å²) in [5, 5.41) is 5.73. The van der Waals surface area contributed by atoms with Gasteiger partial charge in [-0.15, -0.1) is 0 Å². The average molecular weight is 430 g/mol. The maximum absolute atomic E-state index is 13.8. The topological polar surface area (TPSA) is 84.2 Å². The van der Waals surface area contributed by atoms with Crippen molar-refractivity contribution in [3.05, 3.63) is 71.0 Å². The van der Waals surface area contributed by atoms with Crippen molar-refractivity contribution in [3.8, 4) is 11.3 Å². The summed E-state index contributed by atoms with van der Waals surface area (Å²) in [5.41, 5.74) is 1.15. The van der Waals surface area contributed by atoms with Gasteiger partial charge in [-0.25, -0.2) is 9.37 Å². The molecule has 3 rings (SSSR count). The molecule has 6 nitrogen and oxygen atoms in total. The van der Waals surface area contributed by atoms with Gasteiger partial charge >= 0.3 is 0 Å². The summed E-state index contributed by atoms with van der Waals surface area (Å²) in [6, 6.07) is 11.0. The van der Waals surface area contributed by atoms with E-state index >= 15 is 0 Å². The molecule has 8 heteroatoms. The van der Waals surface area contributed by atoms with E-state index in [2.05, 4.69) is 15.6 Å². The fourth-order valence-electron chi connectivity index (χ4n) is 2.77. The number of nitrogens with one attached hydrogen (secondary N) is 2. The Bertz CT molecular complexity index is 1050. The SMILES string of the molecule is CCCNC(=O)c1ccc(NC(=O)CCc2ncc(-c3ccccc3F)o2)cc1Cl. The molecule has 0 aliphatic rings. The number of aromatic nitrogens is 1. The minimum Gasteiger partial charge on any atom is -0.441 e. The number of benzene rings is 2. The van der Waals surface area contributed by atoms with Gasteiger partial charge in [0.25, 0.3) is 5.91 Å². The number of carbonyl (C=O) groups is 2. The summed E-state index contributed by atoms with van der Waals surface area (Å²) in [4.78, 5) is 28.3. The molecule has 0 unspecified atom stereocenters. The lowest BCUT2D eigenvalue weighted by atomic mass is 10.2. The van der Waals surface area contributed by atoms with Crippen molar-refractivity contribution in [2.24, 2.45) is 0 Å². The summed E-state index contributed by atoms with van der Waals surface area (Å²) in [6.07, 6.45) is 2.64. The molecular weight excluding hydrogens is 409 g/mol. The van der Waals surface area contributed by atoms with Gasteiger partial charge in [0.2, 0.25) is 5.91 Å². The molecule has 0 spiro atoms. The number of aryl methyl sites for hydroxylation is 1. The average Bonchev–Trinajstić information content (AvgIpc) is 3.20. The van der Waals surface area contributed by atoms with Crippen LogP contribution in [0.4, 0.5) is 10.1 Å². The van der Waals surface area contributed by atoms with Crippen LogP contribution in [0.5, 0.6) is 0 Å². The zero-order valence-corrected chi connectivity index (χ0v) is 17.1. The van der Waals surface area contributed by atoms with E-state index in [4.69, 9.17) is 16.0 Å². The standard InChI is InChI=1S/C22H21ClFN3O3/c1-2-11-25-22(29)15-8-7-14(12-17(15)23)27-20(28)9-10-21-26-13-19(30-21)16-5-3-4-6-18(16)24/h3-8,12-13H,2,9-11H2,1H3,(H,25,29)(H,27,28). The molecule has 2 aromatic carbocycles. The normalized spacial score (nSPS) is 10.6. The molecule has 0 bridgehead atoms. The number of oxazole rings is 1. The Morgan fingerprint density at radius 3 is 2.73 bits per heavy atom. The zero-order valence-electron chi connectivity index (χ0n) is 16.4. The number of amides is 2. The molecule has 0 radical (unpaired) electrons. The third-order valence-electron chi connectivity index (χ3n) is 4.29. The Kier molecular flexibility index (Phi) is 7.19. The Labute approximate surface area is 178 Å². The van der Waals surface area contributed by atoms with Crippen LogP contribution >= 0.6 is 11.6 Å². The van der Waals surface area contributed by atoms with Crippen molar-refractivity contribution in [2.75, 3.05) is 11.9 Å². The van der Waals surface area contributed by atoms with Gasteiger partial charge in [0.15, 0.2) is 11.7 Å². The maximum Gasteiger partial charge on any atom is 0.252 e. The van der Waals surface area contributed by atoms with Crippen LogP contribution in [0.15, 0.2) is 53.1 Å². The second kappa shape index (κ2) is 10.0. The summed E-state index contributed by atoms with van der Waals surface area (Å²) in [7, 11) is 0. The molecule has 1 aromatic heterocycles. The fourth-order valence-corrected chi connectivity index (χ4v) is 3.03. The summed E-state index contributed by atoms with van der Waals surface area (Å²) < 4.78 is 19.4. The highest BCUT2D eigenvalue weighted by Gasteiger charge is 2.13. The molecule has 156 valence electrons. The molecule has 0 saturated carbocycles. The van der Waals surface area contributed by atoms with E-state index in [1.165, 1.54) is 18.3 Å². The van der Waals surface area contributed by atoms with Gasteiger partial charge in [-0.3, -0.25) is 9.59 Å². The molecule has 0 aliphatic carbocycles. The molecule has 2 amide bonds. The number of carbonyl (C=O) groups excluding carboxylic acids is 2. The van der Waals surface area contributed by atoms with Crippen molar-refractivity contribution in [1.29, 1.82) is 0 Å². The first-order valence-corrected chi connectivity index (χ1v) is 9.93. The van der Waals surface area contributed by atoms with E-state index in [9.17, 15) is 14.0 Å². The molecule has 0 saturated heterocycles. The van der Waals surface area contributed by atoms with Crippen LogP contribution < -0.4 is 10.6 Å². The van der Waals surface area contributed by atoms with Crippen LogP contribution in [0.2, 0.25) is 5.02 Å². The van der Waals surface area contributed by atoms with E-state index in [1.54, 1.807) is 30.3 Å². The zero-order chi connectivity index (χ0) is 21.5. The second-order valence-electron chi connectivity index (χ2n) is 6.60. The largest absolute Gasteiger partial charge is 0.441 e. The number of halogens is 2. The first-order chi connectivity index (χ1) is 14.5. The molecule has 0 fully saturated rings. The Hall–Kier alpha value is -3.19. The smallest absolute Gasteiger partial charge is 0.252 e. The fraction of sp³-hybridized carbons (Fsp3) is 0.227. The van der Waals surface area contributed by atoms with Gasteiger partial charge in [-0.2, -0.15) is 0 Å². The minimum atomic E-state index is -0.401. The van der Waals surface area contributed by atoms with Crippen LogP contribution in [0.25, 0.3) is 11.3 Å². The van der Waals surface area contributed by atoms with Gasteiger partial charge in [0.05, 0.1) is 22.3 Å². The first-order valence-electron chi connectivity index (χ1n) is 9.55. The minimum absolute atomic E-state index is 0.119. The maximum atomic E-state index is 13.8. The lowest BCUT2D eigenvalue weighted by Crippen LogP contribution is -2.24. The van der Waals surface area contributed by atoms with Gasteiger partial charge in [0, 0.05) is 25.1 Å². The van der Waals surface area contributed by atoms with Crippen molar-refractivity contribution in [1.82, 2.24) is 10.3 Å². The lowest BCUT2D eigenvalue weighted by Gasteiger charge is -2.09. The summed E-state index contributed by atoms with van der Waals surface area (Å²) >= 11 is 6.17. The van der Waals surface area contributed by atoms with E-state index in [1.807, 2.05) is 6.92 Å². The van der Waals surface area contributed by atoms with Crippen molar-refractivity contribution in [3.63, 3.8) is 0 Å². The van der Waals surface area contributed by atoms with Crippen molar-refractivity contribution >= 4 is 29.1 Å². The predicted octanol–water partition coefficient (Wildman–Crippen LogP) is 4.85. The lowest BCUT2D eigenvalue weighted by molar-refractivity contribution is -0.116. The van der Waals surface area contributed by atoms with E-state index in [0.717, 1.165) is 6.42 Å². The van der Waals surface area contributed by atoms with Gasteiger partial charge < -0.3 is 15.1 Å². The highest BCUT2D eigenvalue weighted by atomic mass is 35.5. The Balaban J connectivity index is 1.56. The number of nitrogens with zero attached hydrogens (tertiary/aromatic N) is 1. The van der Waals surface area contributed by atoms with E-state index in [0.29, 0.717) is 35.0 Å². The number of anilines is 1. The predicted molar refractivity (Wildman–Crippen MR) is 113 cm³/mol. The highest BCUT2D eigenvalue weighted by Crippen LogP contribution is 2.24.